The zero-order chi connectivity index (χ0) is 16.1. The third kappa shape index (κ3) is 3.47. The van der Waals surface area contributed by atoms with E-state index in [4.69, 9.17) is 5.26 Å². The molecule has 1 N–H and O–H groups in total. The summed E-state index contributed by atoms with van der Waals surface area (Å²) in [4.78, 5) is 13.6. The lowest BCUT2D eigenvalue weighted by Crippen LogP contribution is -2.28. The van der Waals surface area contributed by atoms with Crippen molar-refractivity contribution in [3.05, 3.63) is 93.7 Å². The third-order valence-electron chi connectivity index (χ3n) is 3.49. The van der Waals surface area contributed by atoms with E-state index >= 15 is 0 Å². The lowest BCUT2D eigenvalue weighted by Gasteiger charge is -2.18. The Morgan fingerprint density at radius 1 is 1.04 bits per heavy atom. The molecule has 3 rings (SSSR count). The van der Waals surface area contributed by atoms with Crippen LogP contribution in [0.3, 0.4) is 0 Å². The minimum absolute atomic E-state index is 0.190. The van der Waals surface area contributed by atoms with Gasteiger partial charge in [0, 0.05) is 10.4 Å². The van der Waals surface area contributed by atoms with Gasteiger partial charge in [-0.25, -0.2) is 0 Å². The van der Waals surface area contributed by atoms with Crippen LogP contribution in [0.5, 0.6) is 0 Å². The van der Waals surface area contributed by atoms with Crippen LogP contribution in [0, 0.1) is 11.3 Å². The van der Waals surface area contributed by atoms with Crippen molar-refractivity contribution >= 4 is 17.2 Å². The van der Waals surface area contributed by atoms with E-state index in [0.29, 0.717) is 11.1 Å². The molecule has 0 radical (unpaired) electrons. The fraction of sp³-hybridized carbons (Fsp3) is 0.0526. The average Bonchev–Trinajstić information content (AvgIpc) is 3.14. The molecule has 0 fully saturated rings. The van der Waals surface area contributed by atoms with Gasteiger partial charge in [-0.2, -0.15) is 5.26 Å². The Hall–Kier alpha value is -2.90. The molecule has 1 atom stereocenters. The number of hydrogen-bond acceptors (Lipinski definition) is 3. The summed E-state index contributed by atoms with van der Waals surface area (Å²) in [5.41, 5.74) is 1.99. The van der Waals surface area contributed by atoms with Crippen molar-refractivity contribution in [1.29, 1.82) is 5.26 Å². The van der Waals surface area contributed by atoms with Crippen LogP contribution in [0.15, 0.2) is 72.1 Å². The van der Waals surface area contributed by atoms with Gasteiger partial charge in [-0.3, -0.25) is 4.79 Å². The van der Waals surface area contributed by atoms with Crippen molar-refractivity contribution in [3.63, 3.8) is 0 Å². The highest BCUT2D eigenvalue weighted by molar-refractivity contribution is 7.10. The minimum atomic E-state index is -0.200. The van der Waals surface area contributed by atoms with E-state index in [9.17, 15) is 4.79 Å². The number of nitriles is 1. The first-order chi connectivity index (χ1) is 11.3. The van der Waals surface area contributed by atoms with E-state index in [1.807, 2.05) is 47.8 Å². The van der Waals surface area contributed by atoms with Crippen LogP contribution in [0.4, 0.5) is 0 Å². The van der Waals surface area contributed by atoms with Crippen LogP contribution in [0.1, 0.15) is 32.4 Å². The van der Waals surface area contributed by atoms with Crippen molar-refractivity contribution in [2.24, 2.45) is 0 Å². The van der Waals surface area contributed by atoms with Crippen molar-refractivity contribution in [2.75, 3.05) is 0 Å². The average molecular weight is 318 g/mol. The van der Waals surface area contributed by atoms with Gasteiger partial charge in [0.1, 0.15) is 0 Å². The quantitative estimate of drug-likeness (QED) is 0.786. The first-order valence-corrected chi connectivity index (χ1v) is 8.05. The SMILES string of the molecule is N#Cc1cccc(C(=O)N[C@H](c2ccccc2)c2cccs2)c1. The Balaban J connectivity index is 1.90. The maximum Gasteiger partial charge on any atom is 0.252 e. The van der Waals surface area contributed by atoms with Gasteiger partial charge < -0.3 is 5.32 Å². The summed E-state index contributed by atoms with van der Waals surface area (Å²) in [6.45, 7) is 0. The van der Waals surface area contributed by atoms with Crippen LogP contribution >= 0.6 is 11.3 Å². The van der Waals surface area contributed by atoms with Crippen molar-refractivity contribution < 1.29 is 4.79 Å². The van der Waals surface area contributed by atoms with E-state index < -0.39 is 0 Å². The highest BCUT2D eigenvalue weighted by Gasteiger charge is 2.18. The zero-order valence-corrected chi connectivity index (χ0v) is 13.1. The van der Waals surface area contributed by atoms with E-state index in [0.717, 1.165) is 10.4 Å². The number of nitrogens with zero attached hydrogens (tertiary/aromatic N) is 1. The number of carbonyl (C=O) groups excluding carboxylic acids is 1. The van der Waals surface area contributed by atoms with Crippen LogP contribution in [0.2, 0.25) is 0 Å². The van der Waals surface area contributed by atoms with Gasteiger partial charge in [0.2, 0.25) is 0 Å². The molecular weight excluding hydrogens is 304 g/mol. The summed E-state index contributed by atoms with van der Waals surface area (Å²) in [5, 5.41) is 14.0. The van der Waals surface area contributed by atoms with E-state index in [1.165, 1.54) is 0 Å². The molecule has 0 aliphatic carbocycles. The largest absolute Gasteiger partial charge is 0.340 e. The lowest BCUT2D eigenvalue weighted by molar-refractivity contribution is 0.0943. The van der Waals surface area contributed by atoms with Crippen molar-refractivity contribution in [3.8, 4) is 6.07 Å². The molecule has 0 aliphatic heterocycles. The second-order valence-electron chi connectivity index (χ2n) is 5.03. The molecule has 4 heteroatoms. The van der Waals surface area contributed by atoms with Crippen LogP contribution in [-0.2, 0) is 0 Å². The Morgan fingerprint density at radius 3 is 2.57 bits per heavy atom. The first kappa shape index (κ1) is 15.0. The van der Waals surface area contributed by atoms with Gasteiger partial charge in [0.05, 0.1) is 17.7 Å². The zero-order valence-electron chi connectivity index (χ0n) is 12.3. The van der Waals surface area contributed by atoms with Gasteiger partial charge >= 0.3 is 0 Å². The summed E-state index contributed by atoms with van der Waals surface area (Å²) in [7, 11) is 0. The van der Waals surface area contributed by atoms with Gasteiger partial charge in [-0.05, 0) is 35.2 Å². The molecule has 0 unspecified atom stereocenters. The number of rotatable bonds is 4. The summed E-state index contributed by atoms with van der Waals surface area (Å²) in [5.74, 6) is -0.190. The monoisotopic (exact) mass is 318 g/mol. The van der Waals surface area contributed by atoms with Crippen LogP contribution in [0.25, 0.3) is 0 Å². The summed E-state index contributed by atoms with van der Waals surface area (Å²) in [6.07, 6.45) is 0. The van der Waals surface area contributed by atoms with Gasteiger partial charge in [-0.15, -0.1) is 11.3 Å². The fourth-order valence-corrected chi connectivity index (χ4v) is 3.17. The standard InChI is InChI=1S/C19H14N2OS/c20-13-14-6-4-9-16(12-14)19(22)21-18(17-10-5-11-23-17)15-7-2-1-3-8-15/h1-12,18H,(H,21,22)/t18-/m1/s1. The molecule has 0 saturated heterocycles. The predicted molar refractivity (Wildman–Crippen MR) is 91.2 cm³/mol. The second kappa shape index (κ2) is 6.91. The van der Waals surface area contributed by atoms with E-state index in [2.05, 4.69) is 11.4 Å². The fourth-order valence-electron chi connectivity index (χ4n) is 2.36. The molecule has 1 amide bonds. The molecule has 3 aromatic rings. The minimum Gasteiger partial charge on any atom is -0.340 e. The normalized spacial score (nSPS) is 11.4. The molecule has 23 heavy (non-hydrogen) atoms. The summed E-state index contributed by atoms with van der Waals surface area (Å²) in [6, 6.07) is 22.4. The molecule has 0 aliphatic rings. The van der Waals surface area contributed by atoms with Gasteiger partial charge in [0.25, 0.3) is 5.91 Å². The first-order valence-electron chi connectivity index (χ1n) is 7.17. The Kier molecular flexibility index (Phi) is 4.51. The number of benzene rings is 2. The Labute approximate surface area is 138 Å². The number of nitrogens with one attached hydrogen (secondary N) is 1. The molecular formula is C19H14N2OS. The van der Waals surface area contributed by atoms with Crippen molar-refractivity contribution in [1.82, 2.24) is 5.32 Å². The number of amides is 1. The predicted octanol–water partition coefficient (Wildman–Crippen LogP) is 4.14. The summed E-state index contributed by atoms with van der Waals surface area (Å²) < 4.78 is 0. The summed E-state index contributed by atoms with van der Waals surface area (Å²) >= 11 is 1.60. The highest BCUT2D eigenvalue weighted by atomic mass is 32.1. The maximum atomic E-state index is 12.6. The number of thiophene rings is 1. The molecule has 1 heterocycles. The van der Waals surface area contributed by atoms with Gasteiger partial charge in [0.15, 0.2) is 0 Å². The molecule has 1 aromatic heterocycles. The lowest BCUT2D eigenvalue weighted by atomic mass is 10.0. The van der Waals surface area contributed by atoms with E-state index in [1.54, 1.807) is 35.6 Å². The van der Waals surface area contributed by atoms with Gasteiger partial charge in [-0.1, -0.05) is 42.5 Å². The third-order valence-corrected chi connectivity index (χ3v) is 4.43. The molecule has 3 nitrogen and oxygen atoms in total. The van der Waals surface area contributed by atoms with Crippen molar-refractivity contribution in [2.45, 2.75) is 6.04 Å². The molecule has 112 valence electrons. The number of hydrogen-bond donors (Lipinski definition) is 1. The smallest absolute Gasteiger partial charge is 0.252 e. The molecule has 0 saturated carbocycles. The maximum absolute atomic E-state index is 12.6. The molecule has 2 aromatic carbocycles. The van der Waals surface area contributed by atoms with Crippen LogP contribution in [-0.4, -0.2) is 5.91 Å². The van der Waals surface area contributed by atoms with Crippen LogP contribution < -0.4 is 5.32 Å². The Morgan fingerprint density at radius 2 is 1.87 bits per heavy atom. The molecule has 0 bridgehead atoms. The highest BCUT2D eigenvalue weighted by Crippen LogP contribution is 2.26. The number of carbonyl (C=O) groups is 1. The Bertz CT molecular complexity index is 835. The van der Waals surface area contributed by atoms with E-state index in [-0.39, 0.29) is 11.9 Å². The molecule has 0 spiro atoms. The second-order valence-corrected chi connectivity index (χ2v) is 6.00. The topological polar surface area (TPSA) is 52.9 Å².